The average Bonchev–Trinajstić information content (AvgIpc) is 2.42. The second kappa shape index (κ2) is 6.74. The third-order valence-electron chi connectivity index (χ3n) is 4.32. The SMILES string of the molecule is CN(Cc1ccc(Cl)cc1)CC1(CN)CCCCC1. The number of benzene rings is 1. The molecule has 0 atom stereocenters. The first-order valence-electron chi connectivity index (χ1n) is 7.27. The van der Waals surface area contributed by atoms with E-state index in [9.17, 15) is 0 Å². The Kier molecular flexibility index (Phi) is 5.26. The van der Waals surface area contributed by atoms with E-state index in [1.165, 1.54) is 37.7 Å². The quantitative estimate of drug-likeness (QED) is 0.891. The van der Waals surface area contributed by atoms with Gasteiger partial charge in [-0.05, 0) is 49.5 Å². The molecule has 2 rings (SSSR count). The molecule has 1 fully saturated rings. The van der Waals surface area contributed by atoms with E-state index in [1.807, 2.05) is 12.1 Å². The highest BCUT2D eigenvalue weighted by molar-refractivity contribution is 6.30. The fourth-order valence-electron chi connectivity index (χ4n) is 3.26. The summed E-state index contributed by atoms with van der Waals surface area (Å²) in [5, 5.41) is 0.803. The van der Waals surface area contributed by atoms with Gasteiger partial charge in [-0.1, -0.05) is 43.0 Å². The van der Waals surface area contributed by atoms with E-state index in [0.29, 0.717) is 5.41 Å². The summed E-state index contributed by atoms with van der Waals surface area (Å²) in [6.45, 7) is 2.89. The summed E-state index contributed by atoms with van der Waals surface area (Å²) < 4.78 is 0. The summed E-state index contributed by atoms with van der Waals surface area (Å²) in [6, 6.07) is 8.14. The van der Waals surface area contributed by atoms with Crippen LogP contribution in [0.25, 0.3) is 0 Å². The van der Waals surface area contributed by atoms with Gasteiger partial charge in [-0.25, -0.2) is 0 Å². The maximum absolute atomic E-state index is 6.06. The van der Waals surface area contributed by atoms with Gasteiger partial charge in [0.2, 0.25) is 0 Å². The Balaban J connectivity index is 1.92. The van der Waals surface area contributed by atoms with E-state index in [2.05, 4.69) is 24.1 Å². The monoisotopic (exact) mass is 280 g/mol. The number of halogens is 1. The van der Waals surface area contributed by atoms with Gasteiger partial charge in [-0.15, -0.1) is 0 Å². The molecule has 0 heterocycles. The molecule has 0 radical (unpaired) electrons. The first-order chi connectivity index (χ1) is 9.13. The third kappa shape index (κ3) is 4.20. The van der Waals surface area contributed by atoms with Crippen molar-refractivity contribution < 1.29 is 0 Å². The Labute approximate surface area is 121 Å². The van der Waals surface area contributed by atoms with Gasteiger partial charge in [0.15, 0.2) is 0 Å². The van der Waals surface area contributed by atoms with Crippen molar-refractivity contribution in [2.45, 2.75) is 38.6 Å². The van der Waals surface area contributed by atoms with Crippen LogP contribution in [0, 0.1) is 5.41 Å². The molecule has 19 heavy (non-hydrogen) atoms. The highest BCUT2D eigenvalue weighted by Crippen LogP contribution is 2.36. The van der Waals surface area contributed by atoms with Crippen LogP contribution in [0.3, 0.4) is 0 Å². The van der Waals surface area contributed by atoms with Gasteiger partial charge in [-0.3, -0.25) is 0 Å². The number of rotatable bonds is 5. The molecule has 1 aliphatic carbocycles. The van der Waals surface area contributed by atoms with Crippen LogP contribution in [0.15, 0.2) is 24.3 Å². The Morgan fingerprint density at radius 1 is 1.16 bits per heavy atom. The van der Waals surface area contributed by atoms with Gasteiger partial charge >= 0.3 is 0 Å². The molecule has 106 valence electrons. The number of hydrogen-bond donors (Lipinski definition) is 1. The lowest BCUT2D eigenvalue weighted by Gasteiger charge is -2.39. The second-order valence-corrected chi connectivity index (χ2v) is 6.50. The van der Waals surface area contributed by atoms with Crippen LogP contribution in [0.2, 0.25) is 5.02 Å². The molecule has 0 aromatic heterocycles. The molecule has 0 bridgehead atoms. The lowest BCUT2D eigenvalue weighted by molar-refractivity contribution is 0.124. The fourth-order valence-corrected chi connectivity index (χ4v) is 3.38. The number of hydrogen-bond acceptors (Lipinski definition) is 2. The summed E-state index contributed by atoms with van der Waals surface area (Å²) in [6.07, 6.45) is 6.63. The van der Waals surface area contributed by atoms with E-state index < -0.39 is 0 Å². The summed E-state index contributed by atoms with van der Waals surface area (Å²) in [7, 11) is 2.20. The zero-order valence-electron chi connectivity index (χ0n) is 11.9. The third-order valence-corrected chi connectivity index (χ3v) is 4.57. The summed E-state index contributed by atoms with van der Waals surface area (Å²) >= 11 is 5.92. The van der Waals surface area contributed by atoms with Gasteiger partial charge in [0, 0.05) is 18.1 Å². The molecule has 0 amide bonds. The molecule has 0 unspecified atom stereocenters. The van der Waals surface area contributed by atoms with Crippen LogP contribution < -0.4 is 5.73 Å². The van der Waals surface area contributed by atoms with E-state index in [-0.39, 0.29) is 0 Å². The average molecular weight is 281 g/mol. The Morgan fingerprint density at radius 2 is 1.79 bits per heavy atom. The van der Waals surface area contributed by atoms with Crippen molar-refractivity contribution in [3.63, 3.8) is 0 Å². The first-order valence-corrected chi connectivity index (χ1v) is 7.64. The van der Waals surface area contributed by atoms with Crippen molar-refractivity contribution in [3.8, 4) is 0 Å². The van der Waals surface area contributed by atoms with Gasteiger partial charge in [-0.2, -0.15) is 0 Å². The Hall–Kier alpha value is -0.570. The van der Waals surface area contributed by atoms with Gasteiger partial charge < -0.3 is 10.6 Å². The first kappa shape index (κ1) is 14.8. The predicted molar refractivity (Wildman–Crippen MR) is 82.4 cm³/mol. The summed E-state index contributed by atoms with van der Waals surface area (Å²) in [4.78, 5) is 2.40. The lowest BCUT2D eigenvalue weighted by Crippen LogP contribution is -2.42. The molecule has 1 aromatic carbocycles. The predicted octanol–water partition coefficient (Wildman–Crippen LogP) is 3.68. The zero-order valence-corrected chi connectivity index (χ0v) is 12.6. The maximum Gasteiger partial charge on any atom is 0.0406 e. The van der Waals surface area contributed by atoms with Crippen molar-refractivity contribution >= 4 is 11.6 Å². The van der Waals surface area contributed by atoms with Crippen molar-refractivity contribution in [2.75, 3.05) is 20.1 Å². The maximum atomic E-state index is 6.06. The lowest BCUT2D eigenvalue weighted by atomic mass is 9.73. The smallest absolute Gasteiger partial charge is 0.0406 e. The van der Waals surface area contributed by atoms with Gasteiger partial charge in [0.25, 0.3) is 0 Å². The molecule has 3 heteroatoms. The fraction of sp³-hybridized carbons (Fsp3) is 0.625. The van der Waals surface area contributed by atoms with E-state index in [4.69, 9.17) is 17.3 Å². The highest BCUT2D eigenvalue weighted by atomic mass is 35.5. The topological polar surface area (TPSA) is 29.3 Å². The molecule has 1 saturated carbocycles. The Bertz CT molecular complexity index is 382. The summed E-state index contributed by atoms with van der Waals surface area (Å²) in [5.41, 5.74) is 7.72. The van der Waals surface area contributed by atoms with Crippen molar-refractivity contribution in [1.82, 2.24) is 4.90 Å². The summed E-state index contributed by atoms with van der Waals surface area (Å²) in [5.74, 6) is 0. The molecule has 2 nitrogen and oxygen atoms in total. The van der Waals surface area contributed by atoms with Crippen LogP contribution >= 0.6 is 11.6 Å². The van der Waals surface area contributed by atoms with Crippen LogP contribution in [-0.2, 0) is 6.54 Å². The minimum atomic E-state index is 0.347. The highest BCUT2D eigenvalue weighted by Gasteiger charge is 2.31. The van der Waals surface area contributed by atoms with Crippen LogP contribution in [0.5, 0.6) is 0 Å². The van der Waals surface area contributed by atoms with Crippen molar-refractivity contribution in [1.29, 1.82) is 0 Å². The number of nitrogens with two attached hydrogens (primary N) is 1. The van der Waals surface area contributed by atoms with E-state index >= 15 is 0 Å². The van der Waals surface area contributed by atoms with Gasteiger partial charge in [0.05, 0.1) is 0 Å². The molecule has 2 N–H and O–H groups in total. The number of nitrogens with zero attached hydrogens (tertiary/aromatic N) is 1. The van der Waals surface area contributed by atoms with Gasteiger partial charge in [0.1, 0.15) is 0 Å². The van der Waals surface area contributed by atoms with Crippen LogP contribution in [-0.4, -0.2) is 25.0 Å². The van der Waals surface area contributed by atoms with Crippen LogP contribution in [0.1, 0.15) is 37.7 Å². The van der Waals surface area contributed by atoms with E-state index in [0.717, 1.165) is 24.7 Å². The minimum Gasteiger partial charge on any atom is -0.330 e. The largest absolute Gasteiger partial charge is 0.330 e. The molecular weight excluding hydrogens is 256 g/mol. The molecule has 1 aliphatic rings. The molecule has 0 spiro atoms. The Morgan fingerprint density at radius 3 is 2.37 bits per heavy atom. The van der Waals surface area contributed by atoms with E-state index in [1.54, 1.807) is 0 Å². The van der Waals surface area contributed by atoms with Crippen molar-refractivity contribution in [3.05, 3.63) is 34.9 Å². The molecule has 0 aliphatic heterocycles. The molecular formula is C16H25ClN2. The molecule has 0 saturated heterocycles. The standard InChI is InChI=1S/C16H25ClN2/c1-19(11-14-5-7-15(17)8-6-14)13-16(12-18)9-3-2-4-10-16/h5-8H,2-4,9-13,18H2,1H3. The molecule has 1 aromatic rings. The normalized spacial score (nSPS) is 18.7. The minimum absolute atomic E-state index is 0.347. The second-order valence-electron chi connectivity index (χ2n) is 6.06. The van der Waals surface area contributed by atoms with Crippen molar-refractivity contribution in [2.24, 2.45) is 11.1 Å². The van der Waals surface area contributed by atoms with Crippen LogP contribution in [0.4, 0.5) is 0 Å². The zero-order chi connectivity index (χ0) is 13.7.